The maximum Gasteiger partial charge on any atom is 0.108 e. The average Bonchev–Trinajstić information content (AvgIpc) is 2.55. The molecule has 0 aromatic carbocycles. The largest absolute Gasteiger partial charge is 0.469 e. The lowest BCUT2D eigenvalue weighted by atomic mass is 10.0. The molecule has 1 N–H and O–H groups in total. The van der Waals surface area contributed by atoms with Crippen molar-refractivity contribution < 1.29 is 4.42 Å². The Morgan fingerprint density at radius 1 is 1.50 bits per heavy atom. The summed E-state index contributed by atoms with van der Waals surface area (Å²) in [4.78, 5) is 0. The molecule has 1 heterocycles. The molecule has 0 amide bonds. The van der Waals surface area contributed by atoms with Crippen LogP contribution in [0.1, 0.15) is 32.4 Å². The van der Waals surface area contributed by atoms with Gasteiger partial charge in [0.25, 0.3) is 0 Å². The number of nitrogens with one attached hydrogen (secondary N) is 1. The lowest BCUT2D eigenvalue weighted by molar-refractivity contribution is 0.408. The topological polar surface area (TPSA) is 25.2 Å². The van der Waals surface area contributed by atoms with E-state index < -0.39 is 0 Å². The van der Waals surface area contributed by atoms with Crippen LogP contribution in [0, 0.1) is 0 Å². The molecule has 0 radical (unpaired) electrons. The first-order valence-electron chi connectivity index (χ1n) is 4.52. The molecule has 0 aliphatic rings. The van der Waals surface area contributed by atoms with E-state index in [2.05, 4.69) is 26.1 Å². The van der Waals surface area contributed by atoms with Gasteiger partial charge in [0.1, 0.15) is 5.76 Å². The molecular formula is C10H17NO. The summed E-state index contributed by atoms with van der Waals surface area (Å²) in [6, 6.07) is 4.43. The Balaban J connectivity index is 2.53. The molecule has 2 unspecified atom stereocenters. The summed E-state index contributed by atoms with van der Waals surface area (Å²) in [7, 11) is 0. The molecule has 68 valence electrons. The fourth-order valence-electron chi connectivity index (χ4n) is 1.30. The SMILES string of the molecule is CCNC(C)C(C)c1ccco1. The smallest absolute Gasteiger partial charge is 0.108 e. The molecule has 2 heteroatoms. The standard InChI is InChI=1S/C10H17NO/c1-4-11-9(3)8(2)10-6-5-7-12-10/h5-9,11H,4H2,1-3H3. The Kier molecular flexibility index (Phi) is 3.35. The van der Waals surface area contributed by atoms with Gasteiger partial charge in [-0.1, -0.05) is 13.8 Å². The van der Waals surface area contributed by atoms with Gasteiger partial charge >= 0.3 is 0 Å². The molecule has 12 heavy (non-hydrogen) atoms. The van der Waals surface area contributed by atoms with Crippen LogP contribution in [0.3, 0.4) is 0 Å². The van der Waals surface area contributed by atoms with Gasteiger partial charge in [0.05, 0.1) is 6.26 Å². The average molecular weight is 167 g/mol. The van der Waals surface area contributed by atoms with Gasteiger partial charge in [0.15, 0.2) is 0 Å². The van der Waals surface area contributed by atoms with Crippen LogP contribution in [-0.2, 0) is 0 Å². The van der Waals surface area contributed by atoms with Crippen LogP contribution in [0.25, 0.3) is 0 Å². The number of likely N-dealkylation sites (N-methyl/N-ethyl adjacent to an activating group) is 1. The van der Waals surface area contributed by atoms with Crippen molar-refractivity contribution in [3.05, 3.63) is 24.2 Å². The number of furan rings is 1. The van der Waals surface area contributed by atoms with Crippen molar-refractivity contribution in [2.24, 2.45) is 0 Å². The second-order valence-electron chi connectivity index (χ2n) is 3.15. The van der Waals surface area contributed by atoms with Gasteiger partial charge in [-0.25, -0.2) is 0 Å². The molecule has 0 saturated heterocycles. The minimum absolute atomic E-state index is 0.444. The third kappa shape index (κ3) is 2.11. The molecule has 0 spiro atoms. The first-order chi connectivity index (χ1) is 5.75. The summed E-state index contributed by atoms with van der Waals surface area (Å²) < 4.78 is 5.32. The highest BCUT2D eigenvalue weighted by molar-refractivity contribution is 5.06. The second kappa shape index (κ2) is 4.31. The van der Waals surface area contributed by atoms with Gasteiger partial charge in [0.2, 0.25) is 0 Å². The summed E-state index contributed by atoms with van der Waals surface area (Å²) in [6.45, 7) is 7.47. The first-order valence-corrected chi connectivity index (χ1v) is 4.52. The molecule has 1 aromatic rings. The van der Waals surface area contributed by atoms with E-state index in [4.69, 9.17) is 4.42 Å². The highest BCUT2D eigenvalue weighted by Crippen LogP contribution is 2.18. The highest BCUT2D eigenvalue weighted by Gasteiger charge is 2.14. The van der Waals surface area contributed by atoms with Crippen molar-refractivity contribution >= 4 is 0 Å². The lowest BCUT2D eigenvalue weighted by Crippen LogP contribution is -2.30. The van der Waals surface area contributed by atoms with E-state index in [1.54, 1.807) is 6.26 Å². The van der Waals surface area contributed by atoms with Crippen LogP contribution in [0.5, 0.6) is 0 Å². The molecule has 1 aromatic heterocycles. The van der Waals surface area contributed by atoms with Gasteiger partial charge in [-0.15, -0.1) is 0 Å². The Hall–Kier alpha value is -0.760. The van der Waals surface area contributed by atoms with Crippen LogP contribution in [0.15, 0.2) is 22.8 Å². The fraction of sp³-hybridized carbons (Fsp3) is 0.600. The van der Waals surface area contributed by atoms with Crippen molar-refractivity contribution in [2.75, 3.05) is 6.54 Å². The Morgan fingerprint density at radius 3 is 2.75 bits per heavy atom. The van der Waals surface area contributed by atoms with Gasteiger partial charge in [-0.05, 0) is 25.6 Å². The van der Waals surface area contributed by atoms with Crippen LogP contribution >= 0.6 is 0 Å². The van der Waals surface area contributed by atoms with Crippen LogP contribution in [-0.4, -0.2) is 12.6 Å². The third-order valence-corrected chi connectivity index (χ3v) is 2.27. The van der Waals surface area contributed by atoms with Gasteiger partial charge < -0.3 is 9.73 Å². The van der Waals surface area contributed by atoms with E-state index in [1.807, 2.05) is 12.1 Å². The van der Waals surface area contributed by atoms with Crippen molar-refractivity contribution in [2.45, 2.75) is 32.7 Å². The minimum Gasteiger partial charge on any atom is -0.469 e. The lowest BCUT2D eigenvalue weighted by Gasteiger charge is -2.18. The Labute approximate surface area is 74.0 Å². The highest BCUT2D eigenvalue weighted by atomic mass is 16.3. The monoisotopic (exact) mass is 167 g/mol. The second-order valence-corrected chi connectivity index (χ2v) is 3.15. The van der Waals surface area contributed by atoms with E-state index in [9.17, 15) is 0 Å². The Morgan fingerprint density at radius 2 is 2.25 bits per heavy atom. The number of hydrogen-bond acceptors (Lipinski definition) is 2. The van der Waals surface area contributed by atoms with Gasteiger partial charge in [-0.3, -0.25) is 0 Å². The van der Waals surface area contributed by atoms with E-state index in [0.29, 0.717) is 12.0 Å². The molecule has 2 atom stereocenters. The van der Waals surface area contributed by atoms with Crippen molar-refractivity contribution in [1.29, 1.82) is 0 Å². The molecular weight excluding hydrogens is 150 g/mol. The van der Waals surface area contributed by atoms with Crippen molar-refractivity contribution in [3.63, 3.8) is 0 Å². The zero-order valence-corrected chi connectivity index (χ0v) is 8.00. The summed E-state index contributed by atoms with van der Waals surface area (Å²) in [6.07, 6.45) is 1.73. The van der Waals surface area contributed by atoms with Crippen LogP contribution in [0.4, 0.5) is 0 Å². The quantitative estimate of drug-likeness (QED) is 0.744. The maximum absolute atomic E-state index is 5.32. The molecule has 2 nitrogen and oxygen atoms in total. The van der Waals surface area contributed by atoms with E-state index in [1.165, 1.54) is 0 Å². The summed E-state index contributed by atoms with van der Waals surface area (Å²) in [5.41, 5.74) is 0. The normalized spacial score (nSPS) is 15.9. The maximum atomic E-state index is 5.32. The molecule has 0 bridgehead atoms. The summed E-state index contributed by atoms with van der Waals surface area (Å²) in [5, 5.41) is 3.37. The fourth-order valence-corrected chi connectivity index (χ4v) is 1.30. The minimum atomic E-state index is 0.444. The molecule has 1 rings (SSSR count). The van der Waals surface area contributed by atoms with E-state index >= 15 is 0 Å². The summed E-state index contributed by atoms with van der Waals surface area (Å²) in [5.74, 6) is 1.50. The molecule has 0 aliphatic carbocycles. The van der Waals surface area contributed by atoms with Crippen molar-refractivity contribution in [3.8, 4) is 0 Å². The predicted octanol–water partition coefficient (Wildman–Crippen LogP) is 2.38. The first kappa shape index (κ1) is 9.33. The van der Waals surface area contributed by atoms with E-state index in [-0.39, 0.29) is 0 Å². The molecule has 0 aliphatic heterocycles. The number of rotatable bonds is 4. The molecule has 0 saturated carbocycles. The van der Waals surface area contributed by atoms with Crippen molar-refractivity contribution in [1.82, 2.24) is 5.32 Å². The van der Waals surface area contributed by atoms with E-state index in [0.717, 1.165) is 12.3 Å². The van der Waals surface area contributed by atoms with Gasteiger partial charge in [0, 0.05) is 12.0 Å². The third-order valence-electron chi connectivity index (χ3n) is 2.27. The van der Waals surface area contributed by atoms with Crippen LogP contribution < -0.4 is 5.32 Å². The zero-order valence-electron chi connectivity index (χ0n) is 8.00. The van der Waals surface area contributed by atoms with Crippen LogP contribution in [0.2, 0.25) is 0 Å². The molecule has 0 fully saturated rings. The number of hydrogen-bond donors (Lipinski definition) is 1. The zero-order chi connectivity index (χ0) is 8.97. The Bertz CT molecular complexity index is 206. The van der Waals surface area contributed by atoms with Gasteiger partial charge in [-0.2, -0.15) is 0 Å². The summed E-state index contributed by atoms with van der Waals surface area (Å²) >= 11 is 0. The predicted molar refractivity (Wildman–Crippen MR) is 50.3 cm³/mol.